The molecule has 1 atom stereocenters. The number of carboxylic acid groups (broad SMARTS) is 1. The Bertz CT molecular complexity index is 1290. The van der Waals surface area contributed by atoms with E-state index in [1.54, 1.807) is 4.57 Å². The molecule has 1 aliphatic carbocycles. The molecule has 1 aliphatic heterocycles. The third-order valence-electron chi connectivity index (χ3n) is 6.03. The van der Waals surface area contributed by atoms with Crippen molar-refractivity contribution in [1.29, 1.82) is 0 Å². The Balaban J connectivity index is 0.00000245. The molecule has 0 bridgehead atoms. The van der Waals surface area contributed by atoms with Crippen LogP contribution in [0.5, 0.6) is 5.75 Å². The van der Waals surface area contributed by atoms with Crippen molar-refractivity contribution in [1.82, 2.24) is 9.88 Å². The maximum atomic E-state index is 13.4. The monoisotopic (exact) mass is 448 g/mol. The number of hydrogen-bond acceptors (Lipinski definition) is 5. The van der Waals surface area contributed by atoms with E-state index in [0.29, 0.717) is 17.7 Å². The van der Waals surface area contributed by atoms with Gasteiger partial charge in [-0.1, -0.05) is 12.1 Å². The summed E-state index contributed by atoms with van der Waals surface area (Å²) in [7, 11) is 0. The summed E-state index contributed by atoms with van der Waals surface area (Å²) in [5.41, 5.74) is 2.24. The zero-order valence-corrected chi connectivity index (χ0v) is 19.7. The molecule has 0 unspecified atom stereocenters. The van der Waals surface area contributed by atoms with Gasteiger partial charge in [-0.3, -0.25) is 4.79 Å². The third kappa shape index (κ3) is 3.85. The Morgan fingerprint density at radius 2 is 2.00 bits per heavy atom. The van der Waals surface area contributed by atoms with Gasteiger partial charge >= 0.3 is 36.2 Å². The zero-order valence-electron chi connectivity index (χ0n) is 17.7. The Kier molecular flexibility index (Phi) is 6.15. The minimum absolute atomic E-state index is 0. The number of ether oxygens (including phenoxy) is 1. The molecule has 2 aliphatic rings. The maximum absolute atomic E-state index is 13.4. The van der Waals surface area contributed by atoms with Crippen LogP contribution in [0.25, 0.3) is 22.0 Å². The molecule has 32 heavy (non-hydrogen) atoms. The molecular formula is C23H19F2N2NaO4. The molecule has 0 spiro atoms. The molecular weight excluding hydrogens is 429 g/mol. The van der Waals surface area contributed by atoms with Gasteiger partial charge in [-0.25, -0.2) is 0 Å². The first-order valence-electron chi connectivity index (χ1n) is 10.1. The number of pyridine rings is 1. The Labute approximate surface area is 204 Å². The molecule has 1 fully saturated rings. The van der Waals surface area contributed by atoms with E-state index in [2.05, 4.69) is 12.2 Å². The second-order valence-electron chi connectivity index (χ2n) is 8.03. The molecule has 5 rings (SSSR count). The summed E-state index contributed by atoms with van der Waals surface area (Å²) in [4.78, 5) is 24.2. The van der Waals surface area contributed by atoms with Crippen molar-refractivity contribution >= 4 is 16.9 Å². The van der Waals surface area contributed by atoms with E-state index < -0.39 is 23.6 Å². The maximum Gasteiger partial charge on any atom is 1.00 e. The fourth-order valence-corrected chi connectivity index (χ4v) is 4.36. The van der Waals surface area contributed by atoms with Crippen LogP contribution < -0.4 is 50.1 Å². The van der Waals surface area contributed by atoms with Crippen molar-refractivity contribution in [3.63, 3.8) is 0 Å². The van der Waals surface area contributed by atoms with Crippen LogP contribution in [0.4, 0.5) is 8.78 Å². The van der Waals surface area contributed by atoms with Crippen LogP contribution in [0, 0.1) is 0 Å². The molecule has 3 aromatic rings. The predicted octanol–water partition coefficient (Wildman–Crippen LogP) is 0.136. The van der Waals surface area contributed by atoms with E-state index in [-0.39, 0.29) is 58.3 Å². The second kappa shape index (κ2) is 8.59. The summed E-state index contributed by atoms with van der Waals surface area (Å²) in [5.74, 6) is -1.72. The van der Waals surface area contributed by atoms with Crippen LogP contribution in [0.3, 0.4) is 0 Å². The van der Waals surface area contributed by atoms with Gasteiger partial charge in [0.15, 0.2) is 11.2 Å². The molecule has 1 aromatic heterocycles. The number of aromatic nitrogens is 1. The number of halogens is 2. The Hall–Kier alpha value is -2.26. The standard InChI is InChI=1S/C23H20F2N2O4.Na/c1-11-15-5-2-12(8-13(15)9-26-11)16-6-7-17-19(21(16)31-23(24)25)27(14-3-4-14)10-18(20(17)28)22(29)30;/h2,5-8,10-11,14,23,26H,3-4,9H2,1H3,(H,29,30);/q;+1/p-1/t11-;/m1./s1. The minimum Gasteiger partial charge on any atom is -0.545 e. The van der Waals surface area contributed by atoms with Crippen molar-refractivity contribution < 1.29 is 53.0 Å². The average Bonchev–Trinajstić information content (AvgIpc) is 3.51. The van der Waals surface area contributed by atoms with Gasteiger partial charge in [0.25, 0.3) is 0 Å². The smallest absolute Gasteiger partial charge is 0.545 e. The van der Waals surface area contributed by atoms with Crippen LogP contribution in [0.1, 0.15) is 53.3 Å². The Morgan fingerprint density at radius 3 is 2.66 bits per heavy atom. The normalized spacial score (nSPS) is 17.3. The number of rotatable bonds is 5. The number of carboxylic acids is 1. The van der Waals surface area contributed by atoms with Gasteiger partial charge in [0, 0.05) is 30.4 Å². The first-order valence-corrected chi connectivity index (χ1v) is 10.1. The number of carbonyl (C=O) groups is 1. The zero-order chi connectivity index (χ0) is 21.9. The van der Waals surface area contributed by atoms with Crippen LogP contribution in [0.2, 0.25) is 0 Å². The summed E-state index contributed by atoms with van der Waals surface area (Å²) in [6.07, 6.45) is 2.70. The van der Waals surface area contributed by atoms with Gasteiger partial charge in [-0.2, -0.15) is 8.78 Å². The molecule has 2 aromatic carbocycles. The van der Waals surface area contributed by atoms with Gasteiger partial charge in [-0.15, -0.1) is 0 Å². The number of nitrogens with zero attached hydrogens (tertiary/aromatic N) is 1. The quantitative estimate of drug-likeness (QED) is 0.562. The number of alkyl halides is 2. The fraction of sp³-hybridized carbons (Fsp3) is 0.304. The first kappa shape index (κ1) is 22.9. The first-order chi connectivity index (χ1) is 14.8. The number of nitrogens with one attached hydrogen (secondary N) is 1. The van der Waals surface area contributed by atoms with E-state index in [0.717, 1.165) is 24.0 Å². The molecule has 6 nitrogen and oxygen atoms in total. The largest absolute Gasteiger partial charge is 1.00 e. The molecule has 0 radical (unpaired) electrons. The summed E-state index contributed by atoms with van der Waals surface area (Å²) in [6, 6.07) is 8.87. The summed E-state index contributed by atoms with van der Waals surface area (Å²) >= 11 is 0. The van der Waals surface area contributed by atoms with Crippen molar-refractivity contribution in [3.8, 4) is 16.9 Å². The molecule has 0 saturated heterocycles. The van der Waals surface area contributed by atoms with E-state index >= 15 is 0 Å². The number of carbonyl (C=O) groups excluding carboxylic acids is 1. The van der Waals surface area contributed by atoms with Gasteiger partial charge in [0.05, 0.1) is 22.4 Å². The van der Waals surface area contributed by atoms with Gasteiger partial charge in [0.1, 0.15) is 0 Å². The second-order valence-corrected chi connectivity index (χ2v) is 8.03. The van der Waals surface area contributed by atoms with E-state index in [4.69, 9.17) is 4.74 Å². The fourth-order valence-electron chi connectivity index (χ4n) is 4.36. The van der Waals surface area contributed by atoms with Gasteiger partial charge in [-0.05, 0) is 54.7 Å². The third-order valence-corrected chi connectivity index (χ3v) is 6.03. The van der Waals surface area contributed by atoms with Crippen LogP contribution in [-0.4, -0.2) is 17.1 Å². The number of fused-ring (bicyclic) bond motifs is 2. The van der Waals surface area contributed by atoms with Crippen LogP contribution in [-0.2, 0) is 6.54 Å². The predicted molar refractivity (Wildman–Crippen MR) is 108 cm³/mol. The van der Waals surface area contributed by atoms with E-state index in [1.807, 2.05) is 18.2 Å². The van der Waals surface area contributed by atoms with Gasteiger partial charge < -0.3 is 24.5 Å². The molecule has 0 amide bonds. The molecule has 2 heterocycles. The number of aromatic carboxylic acids is 1. The summed E-state index contributed by atoms with van der Waals surface area (Å²) < 4.78 is 33.4. The van der Waals surface area contributed by atoms with Crippen molar-refractivity contribution in [2.24, 2.45) is 0 Å². The van der Waals surface area contributed by atoms with Crippen molar-refractivity contribution in [2.45, 2.75) is 45.0 Å². The SMILES string of the molecule is C[C@H]1NCc2cc(-c3ccc4c(=O)c(C(=O)[O-])cn(C5CC5)c4c3OC(F)F)ccc21.[Na+]. The Morgan fingerprint density at radius 1 is 1.25 bits per heavy atom. The van der Waals surface area contributed by atoms with Gasteiger partial charge in [0.2, 0.25) is 0 Å². The molecule has 1 N–H and O–H groups in total. The summed E-state index contributed by atoms with van der Waals surface area (Å²) in [5, 5.41) is 14.8. The van der Waals surface area contributed by atoms with Crippen molar-refractivity contribution in [2.75, 3.05) is 0 Å². The van der Waals surface area contributed by atoms with E-state index in [9.17, 15) is 23.5 Å². The molecule has 1 saturated carbocycles. The number of hydrogen-bond donors (Lipinski definition) is 1. The molecule has 9 heteroatoms. The van der Waals surface area contributed by atoms with Crippen LogP contribution in [0.15, 0.2) is 41.3 Å². The minimum atomic E-state index is -3.11. The topological polar surface area (TPSA) is 83.4 Å². The average molecular weight is 448 g/mol. The van der Waals surface area contributed by atoms with Crippen molar-refractivity contribution in [3.05, 3.63) is 63.4 Å². The summed E-state index contributed by atoms with van der Waals surface area (Å²) in [6.45, 7) is -0.384. The van der Waals surface area contributed by atoms with E-state index in [1.165, 1.54) is 18.3 Å². The molecule has 160 valence electrons. The number of benzene rings is 2. The van der Waals surface area contributed by atoms with Crippen LogP contribution >= 0.6 is 0 Å².